The van der Waals surface area contributed by atoms with E-state index in [9.17, 15) is 5.11 Å². The van der Waals surface area contributed by atoms with Gasteiger partial charge in [0, 0.05) is 36.3 Å². The highest BCUT2D eigenvalue weighted by Crippen LogP contribution is 2.21. The first kappa shape index (κ1) is 15.5. The summed E-state index contributed by atoms with van der Waals surface area (Å²) >= 11 is 2.04. The van der Waals surface area contributed by atoms with Crippen molar-refractivity contribution in [2.24, 2.45) is 0 Å². The predicted octanol–water partition coefficient (Wildman–Crippen LogP) is 1.84. The number of nitrogens with two attached hydrogens (primary N) is 1. The maximum Gasteiger partial charge on any atom is 0.119 e. The van der Waals surface area contributed by atoms with Gasteiger partial charge in [0.15, 0.2) is 0 Å². The molecule has 1 aliphatic heterocycles. The van der Waals surface area contributed by atoms with Crippen LogP contribution >= 0.6 is 11.8 Å². The number of β-amino-alcohol motifs (C(OH)–C–C–N with tert-alkyl or cyclic N) is 1. The number of nitrogen functional groups attached to an aromatic ring is 1. The van der Waals surface area contributed by atoms with Crippen molar-refractivity contribution >= 4 is 17.4 Å². The maximum absolute atomic E-state index is 10.1. The second-order valence-corrected chi connectivity index (χ2v) is 6.60. The number of aliphatic hydroxyl groups excluding tert-OH is 1. The van der Waals surface area contributed by atoms with E-state index in [1.54, 1.807) is 12.1 Å². The smallest absolute Gasteiger partial charge is 0.119 e. The van der Waals surface area contributed by atoms with Gasteiger partial charge >= 0.3 is 0 Å². The average Bonchev–Trinajstić information content (AvgIpc) is 2.47. The molecule has 1 aromatic carbocycles. The highest BCUT2D eigenvalue weighted by Gasteiger charge is 2.21. The van der Waals surface area contributed by atoms with Gasteiger partial charge in [-0.25, -0.2) is 0 Å². The van der Waals surface area contributed by atoms with Crippen LogP contribution in [-0.4, -0.2) is 53.4 Å². The Morgan fingerprint density at radius 2 is 2.20 bits per heavy atom. The topological polar surface area (TPSA) is 58.7 Å². The number of rotatable bonds is 6. The summed E-state index contributed by atoms with van der Waals surface area (Å²) in [7, 11) is 0. The molecule has 0 aromatic heterocycles. The second-order valence-electron chi connectivity index (χ2n) is 5.19. The Bertz CT molecular complexity index is 399. The van der Waals surface area contributed by atoms with Crippen LogP contribution in [0.25, 0.3) is 0 Å². The van der Waals surface area contributed by atoms with Crippen LogP contribution in [0, 0.1) is 0 Å². The van der Waals surface area contributed by atoms with E-state index in [-0.39, 0.29) is 0 Å². The highest BCUT2D eigenvalue weighted by molar-refractivity contribution is 8.00. The lowest BCUT2D eigenvalue weighted by Gasteiger charge is -2.33. The Morgan fingerprint density at radius 1 is 1.45 bits per heavy atom. The number of ether oxygens (including phenoxy) is 1. The van der Waals surface area contributed by atoms with E-state index >= 15 is 0 Å². The van der Waals surface area contributed by atoms with Crippen LogP contribution in [0.5, 0.6) is 5.75 Å². The van der Waals surface area contributed by atoms with Gasteiger partial charge in [-0.1, -0.05) is 6.92 Å². The lowest BCUT2D eigenvalue weighted by Crippen LogP contribution is -2.43. The number of hydrogen-bond acceptors (Lipinski definition) is 5. The molecule has 2 atom stereocenters. The standard InChI is InChI=1S/C15H24N2O2S/c1-2-15-10-17(7-8-20-15)9-13(18)11-19-14-5-3-12(16)4-6-14/h3-6,13,15,18H,2,7-11,16H2,1H3. The lowest BCUT2D eigenvalue weighted by atomic mass is 10.2. The van der Waals surface area contributed by atoms with Crippen LogP contribution in [0.3, 0.4) is 0 Å². The van der Waals surface area contributed by atoms with Gasteiger partial charge in [-0.05, 0) is 30.7 Å². The fourth-order valence-electron chi connectivity index (χ4n) is 2.30. The van der Waals surface area contributed by atoms with Gasteiger partial charge in [0.1, 0.15) is 18.5 Å². The molecule has 1 heterocycles. The summed E-state index contributed by atoms with van der Waals surface area (Å²) in [5.41, 5.74) is 6.34. The summed E-state index contributed by atoms with van der Waals surface area (Å²) < 4.78 is 5.58. The first-order chi connectivity index (χ1) is 9.67. The van der Waals surface area contributed by atoms with Gasteiger partial charge in [0.2, 0.25) is 0 Å². The number of anilines is 1. The van der Waals surface area contributed by atoms with Crippen molar-refractivity contribution in [3.8, 4) is 5.75 Å². The van der Waals surface area contributed by atoms with Crippen molar-refractivity contribution in [1.82, 2.24) is 4.90 Å². The van der Waals surface area contributed by atoms with Crippen LogP contribution in [0.1, 0.15) is 13.3 Å². The Morgan fingerprint density at radius 3 is 2.90 bits per heavy atom. The van der Waals surface area contributed by atoms with E-state index in [1.165, 1.54) is 6.42 Å². The minimum absolute atomic E-state index is 0.324. The molecule has 1 aliphatic rings. The fraction of sp³-hybridized carbons (Fsp3) is 0.600. The zero-order valence-electron chi connectivity index (χ0n) is 12.0. The monoisotopic (exact) mass is 296 g/mol. The van der Waals surface area contributed by atoms with Crippen molar-refractivity contribution in [3.63, 3.8) is 0 Å². The Balaban J connectivity index is 1.72. The third kappa shape index (κ3) is 4.89. The molecule has 1 fully saturated rings. The molecule has 4 nitrogen and oxygen atoms in total. The molecule has 3 N–H and O–H groups in total. The number of hydrogen-bond donors (Lipinski definition) is 2. The molecular formula is C15H24N2O2S. The van der Waals surface area contributed by atoms with Crippen molar-refractivity contribution in [3.05, 3.63) is 24.3 Å². The number of benzene rings is 1. The summed E-state index contributed by atoms with van der Waals surface area (Å²) in [5.74, 6) is 1.91. The van der Waals surface area contributed by atoms with Crippen molar-refractivity contribution in [2.75, 3.05) is 37.7 Å². The molecule has 2 unspecified atom stereocenters. The van der Waals surface area contributed by atoms with Gasteiger partial charge < -0.3 is 15.6 Å². The molecule has 1 aromatic rings. The maximum atomic E-state index is 10.1. The largest absolute Gasteiger partial charge is 0.491 e. The van der Waals surface area contributed by atoms with Crippen LogP contribution in [0.4, 0.5) is 5.69 Å². The van der Waals surface area contributed by atoms with Crippen LogP contribution in [0.15, 0.2) is 24.3 Å². The number of thioether (sulfide) groups is 1. The molecule has 2 rings (SSSR count). The van der Waals surface area contributed by atoms with E-state index in [0.717, 1.165) is 24.6 Å². The minimum atomic E-state index is -0.451. The third-order valence-corrected chi connectivity index (χ3v) is 4.84. The van der Waals surface area contributed by atoms with Gasteiger partial charge in [-0.3, -0.25) is 4.90 Å². The first-order valence-corrected chi connectivity index (χ1v) is 8.22. The molecule has 0 radical (unpaired) electrons. The SMILES string of the molecule is CCC1CN(CC(O)COc2ccc(N)cc2)CCS1. The summed E-state index contributed by atoms with van der Waals surface area (Å²) in [4.78, 5) is 2.33. The van der Waals surface area contributed by atoms with Gasteiger partial charge in [0.05, 0.1) is 0 Å². The zero-order valence-corrected chi connectivity index (χ0v) is 12.8. The van der Waals surface area contributed by atoms with Crippen molar-refractivity contribution < 1.29 is 9.84 Å². The van der Waals surface area contributed by atoms with E-state index in [1.807, 2.05) is 23.9 Å². The zero-order chi connectivity index (χ0) is 14.4. The van der Waals surface area contributed by atoms with Gasteiger partial charge in [-0.15, -0.1) is 0 Å². The van der Waals surface area contributed by atoms with E-state index < -0.39 is 6.10 Å². The van der Waals surface area contributed by atoms with Crippen molar-refractivity contribution in [2.45, 2.75) is 24.7 Å². The Labute approximate surface area is 125 Å². The van der Waals surface area contributed by atoms with Crippen molar-refractivity contribution in [1.29, 1.82) is 0 Å². The summed E-state index contributed by atoms with van der Waals surface area (Å²) in [5, 5.41) is 10.8. The Kier molecular flexibility index (Phi) is 6.01. The van der Waals surface area contributed by atoms with Crippen LogP contribution in [0.2, 0.25) is 0 Å². The summed E-state index contributed by atoms with van der Waals surface area (Å²) in [6.45, 7) is 5.36. The molecule has 0 aliphatic carbocycles. The lowest BCUT2D eigenvalue weighted by molar-refractivity contribution is 0.0692. The normalized spacial score (nSPS) is 21.6. The molecular weight excluding hydrogens is 272 g/mol. The first-order valence-electron chi connectivity index (χ1n) is 7.17. The summed E-state index contributed by atoms with van der Waals surface area (Å²) in [6.07, 6.45) is 0.743. The van der Waals surface area contributed by atoms with E-state index in [2.05, 4.69) is 11.8 Å². The van der Waals surface area contributed by atoms with E-state index in [4.69, 9.17) is 10.5 Å². The average molecular weight is 296 g/mol. The molecule has 5 heteroatoms. The number of nitrogens with zero attached hydrogens (tertiary/aromatic N) is 1. The molecule has 1 saturated heterocycles. The highest BCUT2D eigenvalue weighted by atomic mass is 32.2. The molecule has 0 saturated carbocycles. The second kappa shape index (κ2) is 7.76. The minimum Gasteiger partial charge on any atom is -0.491 e. The molecule has 0 bridgehead atoms. The van der Waals surface area contributed by atoms with Crippen LogP contribution in [-0.2, 0) is 0 Å². The fourth-order valence-corrected chi connectivity index (χ4v) is 3.55. The molecule has 0 spiro atoms. The van der Waals surface area contributed by atoms with Crippen LogP contribution < -0.4 is 10.5 Å². The third-order valence-electron chi connectivity index (χ3n) is 3.47. The Hall–Kier alpha value is -0.910. The van der Waals surface area contributed by atoms with Gasteiger partial charge in [-0.2, -0.15) is 11.8 Å². The molecule has 20 heavy (non-hydrogen) atoms. The molecule has 0 amide bonds. The predicted molar refractivity (Wildman–Crippen MR) is 85.3 cm³/mol. The molecule has 112 valence electrons. The van der Waals surface area contributed by atoms with Gasteiger partial charge in [0.25, 0.3) is 0 Å². The number of aliphatic hydroxyl groups is 1. The van der Waals surface area contributed by atoms with E-state index in [0.29, 0.717) is 24.1 Å². The quantitative estimate of drug-likeness (QED) is 0.784. The summed E-state index contributed by atoms with van der Waals surface area (Å²) in [6, 6.07) is 7.25.